The third-order valence-corrected chi connectivity index (χ3v) is 3.44. The van der Waals surface area contributed by atoms with Crippen molar-refractivity contribution in [1.82, 2.24) is 0 Å². The van der Waals surface area contributed by atoms with E-state index in [0.29, 0.717) is 0 Å². The molecule has 0 aromatic heterocycles. The highest BCUT2D eigenvalue weighted by Gasteiger charge is 2.26. The summed E-state index contributed by atoms with van der Waals surface area (Å²) < 4.78 is 0. The highest BCUT2D eigenvalue weighted by Crippen LogP contribution is 2.31. The van der Waals surface area contributed by atoms with Crippen molar-refractivity contribution in [2.45, 2.75) is 51.6 Å². The zero-order valence-corrected chi connectivity index (χ0v) is 12.2. The first-order valence-electron chi connectivity index (χ1n) is 6.30. The van der Waals surface area contributed by atoms with Crippen molar-refractivity contribution in [2.24, 2.45) is 0 Å². The molecule has 1 N–H and O–H groups in total. The van der Waals surface area contributed by atoms with Gasteiger partial charge in [0.1, 0.15) is 0 Å². The first-order valence-corrected chi connectivity index (χ1v) is 6.30. The fourth-order valence-corrected chi connectivity index (χ4v) is 1.74. The lowest BCUT2D eigenvalue weighted by atomic mass is 9.78. The maximum Gasteiger partial charge on any atom is 0.0766 e. The lowest BCUT2D eigenvalue weighted by molar-refractivity contribution is 0.199. The van der Waals surface area contributed by atoms with Gasteiger partial charge in [0.25, 0.3) is 0 Å². The number of rotatable bonds is 3. The summed E-state index contributed by atoms with van der Waals surface area (Å²) in [5.74, 6) is 0. The van der Waals surface area contributed by atoms with E-state index in [2.05, 4.69) is 12.1 Å². The van der Waals surface area contributed by atoms with Gasteiger partial charge in [-0.2, -0.15) is 10.5 Å². The summed E-state index contributed by atoms with van der Waals surface area (Å²) in [6.07, 6.45) is -0.623. The molecule has 3 heteroatoms. The van der Waals surface area contributed by atoms with E-state index in [1.165, 1.54) is 0 Å². The van der Waals surface area contributed by atoms with Gasteiger partial charge in [0.2, 0.25) is 0 Å². The molecule has 0 amide bonds. The van der Waals surface area contributed by atoms with Crippen LogP contribution in [0.3, 0.4) is 0 Å². The molecule has 3 nitrogen and oxygen atoms in total. The predicted molar refractivity (Wildman–Crippen MR) is 74.4 cm³/mol. The number of aliphatic hydroxyl groups excluding tert-OH is 1. The number of hydrogen-bond acceptors (Lipinski definition) is 3. The van der Waals surface area contributed by atoms with E-state index in [-0.39, 0.29) is 0 Å². The second kappa shape index (κ2) is 5.03. The third kappa shape index (κ3) is 3.13. The summed E-state index contributed by atoms with van der Waals surface area (Å²) in [5, 5.41) is 28.3. The minimum Gasteiger partial charge on any atom is -0.389 e. The molecule has 1 rings (SSSR count). The Kier molecular flexibility index (Phi) is 4.03. The smallest absolute Gasteiger partial charge is 0.0766 e. The number of hydrogen-bond donors (Lipinski definition) is 1. The maximum absolute atomic E-state index is 9.78. The topological polar surface area (TPSA) is 67.8 Å². The van der Waals surface area contributed by atoms with E-state index in [4.69, 9.17) is 0 Å². The van der Waals surface area contributed by atoms with Crippen LogP contribution < -0.4 is 0 Å². The molecule has 0 aliphatic rings. The highest BCUT2D eigenvalue weighted by atomic mass is 16.3. The van der Waals surface area contributed by atoms with Crippen LogP contribution in [0, 0.1) is 22.7 Å². The number of nitrogens with zero attached hydrogens (tertiary/aromatic N) is 2. The molecule has 1 atom stereocenters. The highest BCUT2D eigenvalue weighted by molar-refractivity contribution is 5.43. The largest absolute Gasteiger partial charge is 0.389 e. The molecule has 0 bridgehead atoms. The van der Waals surface area contributed by atoms with Crippen molar-refractivity contribution in [3.63, 3.8) is 0 Å². The standard InChI is InChI=1S/C16H20N2O/c1-11(19)12-6-13(15(2,3)9-17)8-14(7-12)16(4,5)10-18/h6-8,11,19H,1-5H3. The van der Waals surface area contributed by atoms with Crippen molar-refractivity contribution in [3.05, 3.63) is 34.9 Å². The van der Waals surface area contributed by atoms with Crippen molar-refractivity contribution < 1.29 is 5.11 Å². The lowest BCUT2D eigenvalue weighted by Crippen LogP contribution is -2.19. The molecule has 100 valence electrons. The van der Waals surface area contributed by atoms with Gasteiger partial charge in [0.05, 0.1) is 29.1 Å². The van der Waals surface area contributed by atoms with Gasteiger partial charge in [0.15, 0.2) is 0 Å². The molecule has 0 spiro atoms. The summed E-state index contributed by atoms with van der Waals surface area (Å²) >= 11 is 0. The van der Waals surface area contributed by atoms with Crippen LogP contribution >= 0.6 is 0 Å². The van der Waals surface area contributed by atoms with Gasteiger partial charge in [-0.25, -0.2) is 0 Å². The number of nitriles is 2. The van der Waals surface area contributed by atoms with Gasteiger partial charge in [-0.15, -0.1) is 0 Å². The maximum atomic E-state index is 9.78. The van der Waals surface area contributed by atoms with Gasteiger partial charge in [-0.05, 0) is 51.3 Å². The Balaban J connectivity index is 3.54. The molecule has 1 unspecified atom stereocenters. The molecule has 0 aliphatic heterocycles. The fourth-order valence-electron chi connectivity index (χ4n) is 1.74. The third-order valence-electron chi connectivity index (χ3n) is 3.44. The van der Waals surface area contributed by atoms with Crippen molar-refractivity contribution in [2.75, 3.05) is 0 Å². The minimum absolute atomic E-state index is 0.623. The zero-order chi connectivity index (χ0) is 14.8. The normalized spacial score (nSPS) is 13.5. The Morgan fingerprint density at radius 3 is 1.58 bits per heavy atom. The van der Waals surface area contributed by atoms with Crippen LogP contribution in [0.2, 0.25) is 0 Å². The van der Waals surface area contributed by atoms with Crippen LogP contribution in [0.15, 0.2) is 18.2 Å². The van der Waals surface area contributed by atoms with Crippen LogP contribution in [0.1, 0.15) is 57.4 Å². The van der Waals surface area contributed by atoms with E-state index < -0.39 is 16.9 Å². The van der Waals surface area contributed by atoms with E-state index >= 15 is 0 Å². The summed E-state index contributed by atoms with van der Waals surface area (Å²) in [4.78, 5) is 0. The fraction of sp³-hybridized carbons (Fsp3) is 0.500. The number of aliphatic hydroxyl groups is 1. The molecular weight excluding hydrogens is 236 g/mol. The Labute approximate surface area is 115 Å². The average Bonchev–Trinajstić information content (AvgIpc) is 2.38. The number of benzene rings is 1. The molecule has 0 heterocycles. The van der Waals surface area contributed by atoms with Crippen molar-refractivity contribution in [3.8, 4) is 12.1 Å². The molecule has 1 aromatic rings. The SMILES string of the molecule is CC(O)c1cc(C(C)(C)C#N)cc(C(C)(C)C#N)c1. The Hall–Kier alpha value is -1.84. The molecule has 19 heavy (non-hydrogen) atoms. The molecule has 0 fully saturated rings. The first-order chi connectivity index (χ1) is 8.64. The quantitative estimate of drug-likeness (QED) is 0.901. The van der Waals surface area contributed by atoms with Gasteiger partial charge in [0, 0.05) is 0 Å². The predicted octanol–water partition coefficient (Wildman–Crippen LogP) is 3.34. The van der Waals surface area contributed by atoms with E-state index in [1.807, 2.05) is 45.9 Å². The average molecular weight is 256 g/mol. The second-order valence-corrected chi connectivity index (χ2v) is 5.99. The van der Waals surface area contributed by atoms with Crippen LogP contribution in [-0.2, 0) is 10.8 Å². The van der Waals surface area contributed by atoms with Crippen LogP contribution in [-0.4, -0.2) is 5.11 Å². The Morgan fingerprint density at radius 1 is 0.947 bits per heavy atom. The molecule has 0 saturated heterocycles. The Morgan fingerprint density at radius 2 is 1.32 bits per heavy atom. The van der Waals surface area contributed by atoms with Gasteiger partial charge in [-0.3, -0.25) is 0 Å². The van der Waals surface area contributed by atoms with E-state index in [1.54, 1.807) is 6.92 Å². The zero-order valence-electron chi connectivity index (χ0n) is 12.2. The van der Waals surface area contributed by atoms with Crippen molar-refractivity contribution in [1.29, 1.82) is 10.5 Å². The molecule has 1 aromatic carbocycles. The summed E-state index contributed by atoms with van der Waals surface area (Å²) in [6, 6.07) is 10.1. The van der Waals surface area contributed by atoms with Gasteiger partial charge < -0.3 is 5.11 Å². The second-order valence-electron chi connectivity index (χ2n) is 5.99. The van der Waals surface area contributed by atoms with Crippen molar-refractivity contribution >= 4 is 0 Å². The van der Waals surface area contributed by atoms with E-state index in [9.17, 15) is 15.6 Å². The van der Waals surface area contributed by atoms with Crippen LogP contribution in [0.4, 0.5) is 0 Å². The van der Waals surface area contributed by atoms with E-state index in [0.717, 1.165) is 16.7 Å². The van der Waals surface area contributed by atoms with Crippen LogP contribution in [0.25, 0.3) is 0 Å². The van der Waals surface area contributed by atoms with Crippen LogP contribution in [0.5, 0.6) is 0 Å². The van der Waals surface area contributed by atoms with Gasteiger partial charge in [-0.1, -0.05) is 18.2 Å². The van der Waals surface area contributed by atoms with Gasteiger partial charge >= 0.3 is 0 Å². The molecule has 0 aliphatic carbocycles. The lowest BCUT2D eigenvalue weighted by Gasteiger charge is -2.23. The molecule has 0 saturated carbocycles. The first kappa shape index (κ1) is 15.2. The summed E-state index contributed by atoms with van der Waals surface area (Å²) in [5.41, 5.74) is 1.09. The monoisotopic (exact) mass is 256 g/mol. The molecular formula is C16H20N2O. The summed E-state index contributed by atoms with van der Waals surface area (Å²) in [7, 11) is 0. The molecule has 0 radical (unpaired) electrons. The minimum atomic E-state index is -0.648. The Bertz CT molecular complexity index is 513. The summed E-state index contributed by atoms with van der Waals surface area (Å²) in [6.45, 7) is 9.00.